The molecule has 20 heavy (non-hydrogen) atoms. The van der Waals surface area contributed by atoms with Gasteiger partial charge in [-0.3, -0.25) is 4.68 Å². The van der Waals surface area contributed by atoms with Crippen LogP contribution in [0.5, 0.6) is 0 Å². The molecule has 0 saturated heterocycles. The van der Waals surface area contributed by atoms with Gasteiger partial charge < -0.3 is 5.32 Å². The third kappa shape index (κ3) is 3.37. The highest BCUT2D eigenvalue weighted by atomic mass is 32.2. The zero-order valence-electron chi connectivity index (χ0n) is 11.9. The number of hydrogen-bond donors (Lipinski definition) is 1. The number of benzene rings is 1. The van der Waals surface area contributed by atoms with E-state index in [0.29, 0.717) is 0 Å². The van der Waals surface area contributed by atoms with E-state index in [-0.39, 0.29) is 0 Å². The highest BCUT2D eigenvalue weighted by Crippen LogP contribution is 2.34. The van der Waals surface area contributed by atoms with Crippen LogP contribution in [0.1, 0.15) is 31.4 Å². The average Bonchev–Trinajstić information content (AvgIpc) is 3.10. The fourth-order valence-corrected chi connectivity index (χ4v) is 3.86. The van der Waals surface area contributed by atoms with E-state index in [9.17, 15) is 0 Å². The standard InChI is InChI=1S/C16H21N3S/c1-19-14(10-11-18-19)12-17-13-6-8-16(9-7-13)20-15-4-2-3-5-15/h6-11,15,17H,2-5,12H2,1H3. The second kappa shape index (κ2) is 6.35. The first-order valence-corrected chi connectivity index (χ1v) is 8.17. The molecule has 1 aromatic carbocycles. The minimum absolute atomic E-state index is 0.811. The second-order valence-corrected chi connectivity index (χ2v) is 6.72. The molecule has 0 radical (unpaired) electrons. The summed E-state index contributed by atoms with van der Waals surface area (Å²) >= 11 is 2.04. The van der Waals surface area contributed by atoms with Crippen molar-refractivity contribution < 1.29 is 0 Å². The number of aromatic nitrogens is 2. The van der Waals surface area contributed by atoms with Gasteiger partial charge in [0, 0.05) is 29.1 Å². The lowest BCUT2D eigenvalue weighted by atomic mass is 10.3. The van der Waals surface area contributed by atoms with Crippen LogP contribution in [-0.2, 0) is 13.6 Å². The summed E-state index contributed by atoms with van der Waals surface area (Å²) in [6.45, 7) is 0.811. The Morgan fingerprint density at radius 2 is 1.95 bits per heavy atom. The molecule has 0 spiro atoms. The van der Waals surface area contributed by atoms with Gasteiger partial charge in [-0.05, 0) is 43.2 Å². The highest BCUT2D eigenvalue weighted by molar-refractivity contribution is 8.00. The molecule has 0 amide bonds. The molecule has 3 nitrogen and oxygen atoms in total. The van der Waals surface area contributed by atoms with Gasteiger partial charge >= 0.3 is 0 Å². The predicted octanol–water partition coefficient (Wildman–Crippen LogP) is 4.07. The van der Waals surface area contributed by atoms with Crippen LogP contribution in [0, 0.1) is 0 Å². The van der Waals surface area contributed by atoms with Crippen molar-refractivity contribution in [2.45, 2.75) is 42.4 Å². The molecule has 4 heteroatoms. The molecule has 0 bridgehead atoms. The van der Waals surface area contributed by atoms with Gasteiger partial charge in [0.15, 0.2) is 0 Å². The van der Waals surface area contributed by atoms with Crippen molar-refractivity contribution in [3.8, 4) is 0 Å². The van der Waals surface area contributed by atoms with E-state index in [1.54, 1.807) is 0 Å². The van der Waals surface area contributed by atoms with Gasteiger partial charge in [0.2, 0.25) is 0 Å². The van der Waals surface area contributed by atoms with Crippen molar-refractivity contribution in [3.63, 3.8) is 0 Å². The quantitative estimate of drug-likeness (QED) is 0.899. The van der Waals surface area contributed by atoms with Crippen LogP contribution < -0.4 is 5.32 Å². The van der Waals surface area contributed by atoms with Crippen LogP contribution in [0.25, 0.3) is 0 Å². The van der Waals surface area contributed by atoms with Crippen molar-refractivity contribution in [3.05, 3.63) is 42.2 Å². The SMILES string of the molecule is Cn1nccc1CNc1ccc(SC2CCCC2)cc1. The molecule has 1 heterocycles. The minimum atomic E-state index is 0.811. The van der Waals surface area contributed by atoms with Gasteiger partial charge in [-0.1, -0.05) is 12.8 Å². The largest absolute Gasteiger partial charge is 0.379 e. The van der Waals surface area contributed by atoms with Crippen LogP contribution in [0.3, 0.4) is 0 Å². The lowest BCUT2D eigenvalue weighted by molar-refractivity contribution is 0.720. The first-order chi connectivity index (χ1) is 9.81. The summed E-state index contributed by atoms with van der Waals surface area (Å²) in [5, 5.41) is 8.45. The van der Waals surface area contributed by atoms with E-state index in [1.165, 1.54) is 42.0 Å². The Hall–Kier alpha value is -1.42. The molecule has 1 aliphatic carbocycles. The first-order valence-electron chi connectivity index (χ1n) is 7.29. The molecular weight excluding hydrogens is 266 g/mol. The molecule has 1 aromatic heterocycles. The van der Waals surface area contributed by atoms with E-state index >= 15 is 0 Å². The zero-order valence-corrected chi connectivity index (χ0v) is 12.7. The molecule has 1 fully saturated rings. The number of anilines is 1. The lowest BCUT2D eigenvalue weighted by Gasteiger charge is -2.10. The van der Waals surface area contributed by atoms with Crippen molar-refractivity contribution in [2.24, 2.45) is 7.05 Å². The van der Waals surface area contributed by atoms with Crippen molar-refractivity contribution in [2.75, 3.05) is 5.32 Å². The summed E-state index contributed by atoms with van der Waals surface area (Å²) in [7, 11) is 1.97. The monoisotopic (exact) mass is 287 g/mol. The van der Waals surface area contributed by atoms with E-state index in [4.69, 9.17) is 0 Å². The van der Waals surface area contributed by atoms with Gasteiger partial charge in [-0.15, -0.1) is 11.8 Å². The lowest BCUT2D eigenvalue weighted by Crippen LogP contribution is -2.05. The number of nitrogens with one attached hydrogen (secondary N) is 1. The van der Waals surface area contributed by atoms with Crippen molar-refractivity contribution >= 4 is 17.4 Å². The topological polar surface area (TPSA) is 29.9 Å². The summed E-state index contributed by atoms with van der Waals surface area (Å²) in [6.07, 6.45) is 7.40. The molecule has 1 aliphatic rings. The fraction of sp³-hybridized carbons (Fsp3) is 0.438. The number of aryl methyl sites for hydroxylation is 1. The van der Waals surface area contributed by atoms with Crippen LogP contribution in [0.15, 0.2) is 41.4 Å². The summed E-state index contributed by atoms with van der Waals surface area (Å²) < 4.78 is 1.90. The third-order valence-electron chi connectivity index (χ3n) is 3.86. The molecule has 3 rings (SSSR count). The van der Waals surface area contributed by atoms with Gasteiger partial charge in [0.05, 0.1) is 12.2 Å². The van der Waals surface area contributed by atoms with E-state index in [1.807, 2.05) is 35.8 Å². The summed E-state index contributed by atoms with van der Waals surface area (Å²) in [6, 6.07) is 10.8. The van der Waals surface area contributed by atoms with Gasteiger partial charge in [-0.25, -0.2) is 0 Å². The molecule has 2 aromatic rings. The van der Waals surface area contributed by atoms with Crippen LogP contribution in [-0.4, -0.2) is 15.0 Å². The zero-order chi connectivity index (χ0) is 13.8. The van der Waals surface area contributed by atoms with Crippen molar-refractivity contribution in [1.29, 1.82) is 0 Å². The number of rotatable bonds is 5. The summed E-state index contributed by atoms with van der Waals surface area (Å²) in [4.78, 5) is 1.39. The third-order valence-corrected chi connectivity index (χ3v) is 5.20. The van der Waals surface area contributed by atoms with Crippen molar-refractivity contribution in [1.82, 2.24) is 9.78 Å². The van der Waals surface area contributed by atoms with Crippen LogP contribution >= 0.6 is 11.8 Å². The minimum Gasteiger partial charge on any atom is -0.379 e. The molecule has 0 unspecified atom stereocenters. The molecule has 0 atom stereocenters. The van der Waals surface area contributed by atoms with E-state index < -0.39 is 0 Å². The highest BCUT2D eigenvalue weighted by Gasteiger charge is 2.15. The molecular formula is C16H21N3S. The van der Waals surface area contributed by atoms with E-state index in [2.05, 4.69) is 34.7 Å². The fourth-order valence-electron chi connectivity index (χ4n) is 2.62. The number of thioether (sulfide) groups is 1. The summed E-state index contributed by atoms with van der Waals surface area (Å²) in [5.41, 5.74) is 2.36. The Balaban J connectivity index is 1.54. The second-order valence-electron chi connectivity index (χ2n) is 5.35. The first kappa shape index (κ1) is 13.6. The smallest absolute Gasteiger partial charge is 0.0571 e. The maximum absolute atomic E-state index is 4.17. The molecule has 1 N–H and O–H groups in total. The Morgan fingerprint density at radius 1 is 1.20 bits per heavy atom. The Labute approximate surface area is 124 Å². The van der Waals surface area contributed by atoms with Crippen LogP contribution in [0.2, 0.25) is 0 Å². The average molecular weight is 287 g/mol. The molecule has 106 valence electrons. The Morgan fingerprint density at radius 3 is 2.60 bits per heavy atom. The molecule has 1 saturated carbocycles. The summed E-state index contributed by atoms with van der Waals surface area (Å²) in [5.74, 6) is 0. The van der Waals surface area contributed by atoms with Gasteiger partial charge in [0.1, 0.15) is 0 Å². The normalized spacial score (nSPS) is 15.7. The van der Waals surface area contributed by atoms with Gasteiger partial charge in [-0.2, -0.15) is 5.10 Å². The van der Waals surface area contributed by atoms with E-state index in [0.717, 1.165) is 11.8 Å². The van der Waals surface area contributed by atoms with Gasteiger partial charge in [0.25, 0.3) is 0 Å². The Bertz CT molecular complexity index is 541. The Kier molecular flexibility index (Phi) is 4.31. The maximum Gasteiger partial charge on any atom is 0.0571 e. The molecule has 0 aliphatic heterocycles. The predicted molar refractivity (Wildman–Crippen MR) is 85.1 cm³/mol. The number of nitrogens with zero attached hydrogens (tertiary/aromatic N) is 2. The van der Waals surface area contributed by atoms with Crippen LogP contribution in [0.4, 0.5) is 5.69 Å². The maximum atomic E-state index is 4.17. The number of hydrogen-bond acceptors (Lipinski definition) is 3.